The summed E-state index contributed by atoms with van der Waals surface area (Å²) in [6.45, 7) is 2.63. The van der Waals surface area contributed by atoms with Gasteiger partial charge in [-0.1, -0.05) is 17.7 Å². The fraction of sp³-hybridized carbons (Fsp3) is 0.500. The Morgan fingerprint density at radius 2 is 1.89 bits per heavy atom. The topological polar surface area (TPSA) is 46.6 Å². The molecule has 4 nitrogen and oxygen atoms in total. The molecule has 0 amide bonds. The van der Waals surface area contributed by atoms with Crippen molar-refractivity contribution in [2.45, 2.75) is 6.92 Å². The van der Waals surface area contributed by atoms with E-state index in [2.05, 4.69) is 0 Å². The molecule has 0 aromatic heterocycles. The number of benzene rings is 1. The Kier molecular flexibility index (Phi) is 5.91. The number of likely N-dealkylation sites (N-methyl/N-ethyl adjacent to an activating group) is 1. The predicted octanol–water partition coefficient (Wildman–Crippen LogP) is 1.87. The molecular formula is C12H18ClNO3S. The van der Waals surface area contributed by atoms with Gasteiger partial charge < -0.3 is 4.74 Å². The van der Waals surface area contributed by atoms with Crippen molar-refractivity contribution in [3.63, 3.8) is 0 Å². The summed E-state index contributed by atoms with van der Waals surface area (Å²) in [6, 6.07) is 7.62. The maximum Gasteiger partial charge on any atom is 0.215 e. The molecule has 0 heterocycles. The largest absolute Gasteiger partial charge is 0.492 e. The minimum Gasteiger partial charge on any atom is -0.492 e. The molecular weight excluding hydrogens is 274 g/mol. The van der Waals surface area contributed by atoms with Crippen LogP contribution in [-0.4, -0.2) is 44.6 Å². The van der Waals surface area contributed by atoms with Crippen molar-refractivity contribution >= 4 is 21.6 Å². The molecule has 0 spiro atoms. The Morgan fingerprint density at radius 1 is 1.28 bits per heavy atom. The van der Waals surface area contributed by atoms with E-state index in [0.717, 1.165) is 11.3 Å². The van der Waals surface area contributed by atoms with Crippen molar-refractivity contribution in [2.24, 2.45) is 0 Å². The van der Waals surface area contributed by atoms with Gasteiger partial charge in [-0.2, -0.15) is 0 Å². The average Bonchev–Trinajstić information content (AvgIpc) is 2.31. The van der Waals surface area contributed by atoms with Crippen molar-refractivity contribution in [3.8, 4) is 5.75 Å². The molecule has 18 heavy (non-hydrogen) atoms. The number of hydrogen-bond donors (Lipinski definition) is 0. The van der Waals surface area contributed by atoms with Gasteiger partial charge in [-0.15, -0.1) is 11.6 Å². The zero-order valence-corrected chi connectivity index (χ0v) is 12.2. The van der Waals surface area contributed by atoms with Crippen LogP contribution in [-0.2, 0) is 10.0 Å². The van der Waals surface area contributed by atoms with E-state index in [1.807, 2.05) is 31.2 Å². The number of nitrogens with zero attached hydrogens (tertiary/aromatic N) is 1. The number of rotatable bonds is 7. The predicted molar refractivity (Wildman–Crippen MR) is 73.8 cm³/mol. The zero-order chi connectivity index (χ0) is 13.6. The molecule has 102 valence electrons. The Balaban J connectivity index is 2.40. The molecule has 1 rings (SSSR count). The lowest BCUT2D eigenvalue weighted by molar-refractivity contribution is 0.287. The first-order valence-corrected chi connectivity index (χ1v) is 7.79. The molecule has 6 heteroatoms. The van der Waals surface area contributed by atoms with Gasteiger partial charge in [-0.25, -0.2) is 12.7 Å². The van der Waals surface area contributed by atoms with Crippen LogP contribution in [0.25, 0.3) is 0 Å². The molecule has 0 aliphatic carbocycles. The van der Waals surface area contributed by atoms with Gasteiger partial charge in [-0.05, 0) is 19.1 Å². The highest BCUT2D eigenvalue weighted by Gasteiger charge is 2.16. The van der Waals surface area contributed by atoms with E-state index in [1.54, 1.807) is 0 Å². The van der Waals surface area contributed by atoms with Gasteiger partial charge in [0.2, 0.25) is 10.0 Å². The van der Waals surface area contributed by atoms with Gasteiger partial charge in [0.25, 0.3) is 0 Å². The number of sulfonamides is 1. The Bertz CT molecular complexity index is 459. The molecule has 0 N–H and O–H groups in total. The Labute approximate surface area is 114 Å². The van der Waals surface area contributed by atoms with Crippen molar-refractivity contribution in [2.75, 3.05) is 31.8 Å². The molecule has 1 aromatic rings. The number of ether oxygens (including phenoxy) is 1. The Hall–Kier alpha value is -0.780. The highest BCUT2D eigenvalue weighted by molar-refractivity contribution is 7.89. The average molecular weight is 292 g/mol. The van der Waals surface area contributed by atoms with Crippen LogP contribution in [0.5, 0.6) is 5.75 Å². The maximum absolute atomic E-state index is 11.6. The van der Waals surface area contributed by atoms with Crippen molar-refractivity contribution in [1.29, 1.82) is 0 Å². The summed E-state index contributed by atoms with van der Waals surface area (Å²) in [7, 11) is -1.72. The molecule has 0 atom stereocenters. The van der Waals surface area contributed by atoms with E-state index in [0.29, 0.717) is 13.2 Å². The van der Waals surface area contributed by atoms with Crippen LogP contribution in [0.4, 0.5) is 0 Å². The molecule has 0 aliphatic rings. The van der Waals surface area contributed by atoms with E-state index >= 15 is 0 Å². The van der Waals surface area contributed by atoms with Crippen LogP contribution in [0, 0.1) is 6.92 Å². The minimum absolute atomic E-state index is 0.0460. The maximum atomic E-state index is 11.6. The fourth-order valence-corrected chi connectivity index (χ4v) is 2.76. The first-order valence-electron chi connectivity index (χ1n) is 5.65. The second kappa shape index (κ2) is 6.97. The molecule has 1 aromatic carbocycles. The number of halogens is 1. The third-order valence-corrected chi connectivity index (χ3v) is 4.77. The lowest BCUT2D eigenvalue weighted by Gasteiger charge is -2.16. The van der Waals surface area contributed by atoms with Gasteiger partial charge in [0.05, 0.1) is 5.75 Å². The Morgan fingerprint density at radius 3 is 2.44 bits per heavy atom. The molecule has 0 fully saturated rings. The molecule has 0 radical (unpaired) electrons. The molecule has 0 bridgehead atoms. The van der Waals surface area contributed by atoms with Crippen LogP contribution < -0.4 is 4.74 Å². The van der Waals surface area contributed by atoms with E-state index in [1.165, 1.54) is 11.4 Å². The smallest absolute Gasteiger partial charge is 0.215 e. The number of aryl methyl sites for hydroxylation is 1. The summed E-state index contributed by atoms with van der Waals surface area (Å²) in [4.78, 5) is 0. The minimum atomic E-state index is -3.25. The summed E-state index contributed by atoms with van der Waals surface area (Å²) in [5.41, 5.74) is 1.16. The second-order valence-electron chi connectivity index (χ2n) is 3.99. The van der Waals surface area contributed by atoms with Gasteiger partial charge in [0, 0.05) is 19.5 Å². The highest BCUT2D eigenvalue weighted by atomic mass is 35.5. The number of hydrogen-bond acceptors (Lipinski definition) is 3. The second-order valence-corrected chi connectivity index (χ2v) is 6.56. The first-order chi connectivity index (χ1) is 8.45. The molecule has 0 unspecified atom stereocenters. The number of alkyl halides is 1. The molecule has 0 saturated carbocycles. The third kappa shape index (κ3) is 4.84. The lowest BCUT2D eigenvalue weighted by Crippen LogP contribution is -2.33. The standard InChI is InChI=1S/C12H18ClNO3S/c1-11-3-5-12(6-4-11)17-9-8-14(2)18(15,16)10-7-13/h3-6H,7-10H2,1-2H3. The summed E-state index contributed by atoms with van der Waals surface area (Å²) in [5, 5.41) is 0. The molecule has 0 aliphatic heterocycles. The third-order valence-electron chi connectivity index (χ3n) is 2.51. The van der Waals surface area contributed by atoms with E-state index < -0.39 is 10.0 Å². The fourth-order valence-electron chi connectivity index (χ4n) is 1.32. The SMILES string of the molecule is Cc1ccc(OCCN(C)S(=O)(=O)CCCl)cc1. The summed E-state index contributed by atoms with van der Waals surface area (Å²) < 4.78 is 29.9. The van der Waals surface area contributed by atoms with E-state index in [-0.39, 0.29) is 11.6 Å². The summed E-state index contributed by atoms with van der Waals surface area (Å²) in [6.07, 6.45) is 0. The highest BCUT2D eigenvalue weighted by Crippen LogP contribution is 2.11. The van der Waals surface area contributed by atoms with Crippen LogP contribution in [0.1, 0.15) is 5.56 Å². The first kappa shape index (κ1) is 15.3. The van der Waals surface area contributed by atoms with Crippen molar-refractivity contribution in [1.82, 2.24) is 4.31 Å². The van der Waals surface area contributed by atoms with Crippen molar-refractivity contribution in [3.05, 3.63) is 29.8 Å². The van der Waals surface area contributed by atoms with Crippen LogP contribution >= 0.6 is 11.6 Å². The van der Waals surface area contributed by atoms with Crippen LogP contribution in [0.3, 0.4) is 0 Å². The molecule has 0 saturated heterocycles. The lowest BCUT2D eigenvalue weighted by atomic mass is 10.2. The normalized spacial score (nSPS) is 11.8. The van der Waals surface area contributed by atoms with Gasteiger partial charge in [0.15, 0.2) is 0 Å². The monoisotopic (exact) mass is 291 g/mol. The van der Waals surface area contributed by atoms with Crippen LogP contribution in [0.15, 0.2) is 24.3 Å². The summed E-state index contributed by atoms with van der Waals surface area (Å²) >= 11 is 5.44. The summed E-state index contributed by atoms with van der Waals surface area (Å²) in [5.74, 6) is 0.796. The van der Waals surface area contributed by atoms with Gasteiger partial charge in [-0.3, -0.25) is 0 Å². The van der Waals surface area contributed by atoms with E-state index in [4.69, 9.17) is 16.3 Å². The van der Waals surface area contributed by atoms with Crippen molar-refractivity contribution < 1.29 is 13.2 Å². The van der Waals surface area contributed by atoms with Gasteiger partial charge in [0.1, 0.15) is 12.4 Å². The van der Waals surface area contributed by atoms with E-state index in [9.17, 15) is 8.42 Å². The zero-order valence-electron chi connectivity index (χ0n) is 10.6. The van der Waals surface area contributed by atoms with Gasteiger partial charge >= 0.3 is 0 Å². The quantitative estimate of drug-likeness (QED) is 0.721. The van der Waals surface area contributed by atoms with Crippen LogP contribution in [0.2, 0.25) is 0 Å².